The zero-order valence-corrected chi connectivity index (χ0v) is 12.9. The highest BCUT2D eigenvalue weighted by molar-refractivity contribution is 5.41. The number of phenolic OH excluding ortho intramolecular Hbond substituents is 2. The summed E-state index contributed by atoms with van der Waals surface area (Å²) in [5, 5.41) is 19.7. The van der Waals surface area contributed by atoms with Crippen LogP contribution in [0.3, 0.4) is 0 Å². The summed E-state index contributed by atoms with van der Waals surface area (Å²) in [6.07, 6.45) is 4.68. The van der Waals surface area contributed by atoms with Crippen molar-refractivity contribution >= 4 is 0 Å². The van der Waals surface area contributed by atoms with E-state index in [1.807, 2.05) is 12.1 Å². The van der Waals surface area contributed by atoms with Gasteiger partial charge in [-0.3, -0.25) is 0 Å². The van der Waals surface area contributed by atoms with Crippen LogP contribution in [-0.4, -0.2) is 10.2 Å². The van der Waals surface area contributed by atoms with Crippen molar-refractivity contribution in [3.05, 3.63) is 58.7 Å². The molecule has 0 aromatic heterocycles. The molecule has 0 bridgehead atoms. The minimum Gasteiger partial charge on any atom is -0.508 e. The Hall–Kier alpha value is -1.96. The molecule has 0 aliphatic rings. The molecule has 0 unspecified atom stereocenters. The summed E-state index contributed by atoms with van der Waals surface area (Å²) in [5.41, 5.74) is 4.43. The smallest absolute Gasteiger partial charge is 0.118 e. The quantitative estimate of drug-likeness (QED) is 0.814. The van der Waals surface area contributed by atoms with Crippen molar-refractivity contribution in [1.29, 1.82) is 0 Å². The fourth-order valence-electron chi connectivity index (χ4n) is 2.67. The van der Waals surface area contributed by atoms with Crippen LogP contribution in [0, 0.1) is 0 Å². The van der Waals surface area contributed by atoms with Crippen LogP contribution in [0.1, 0.15) is 48.9 Å². The molecule has 2 rings (SSSR count). The third kappa shape index (κ3) is 4.01. The molecule has 0 atom stereocenters. The van der Waals surface area contributed by atoms with Gasteiger partial charge in [-0.2, -0.15) is 0 Å². The Balaban J connectivity index is 2.21. The van der Waals surface area contributed by atoms with E-state index in [-0.39, 0.29) is 0 Å². The van der Waals surface area contributed by atoms with Crippen molar-refractivity contribution in [2.24, 2.45) is 0 Å². The monoisotopic (exact) mass is 284 g/mol. The standard InChI is InChI=1S/C19H24O2/c1-3-5-16-12-14(7-9-18(16)20)11-15-8-10-19(21)17(13-15)6-4-2/h7-10,12-13,20-21H,3-6,11H2,1-2H3. The molecular weight excluding hydrogens is 260 g/mol. The first kappa shape index (κ1) is 15.4. The van der Waals surface area contributed by atoms with Gasteiger partial charge in [-0.25, -0.2) is 0 Å². The van der Waals surface area contributed by atoms with Crippen LogP contribution in [-0.2, 0) is 19.3 Å². The summed E-state index contributed by atoms with van der Waals surface area (Å²) < 4.78 is 0. The molecule has 2 aromatic carbocycles. The Kier molecular flexibility index (Phi) is 5.26. The minimum absolute atomic E-state index is 0.387. The van der Waals surface area contributed by atoms with Crippen LogP contribution in [0.25, 0.3) is 0 Å². The predicted octanol–water partition coefficient (Wildman–Crippen LogP) is 4.59. The Morgan fingerprint density at radius 2 is 1.14 bits per heavy atom. The highest BCUT2D eigenvalue weighted by Gasteiger charge is 2.06. The third-order valence-corrected chi connectivity index (χ3v) is 3.73. The lowest BCUT2D eigenvalue weighted by Crippen LogP contribution is -1.94. The number of aromatic hydroxyl groups is 2. The Morgan fingerprint density at radius 3 is 1.52 bits per heavy atom. The van der Waals surface area contributed by atoms with E-state index in [4.69, 9.17) is 0 Å². The summed E-state index contributed by atoms with van der Waals surface area (Å²) in [6, 6.07) is 11.7. The predicted molar refractivity (Wildman–Crippen MR) is 87.0 cm³/mol. The molecule has 0 saturated carbocycles. The summed E-state index contributed by atoms with van der Waals surface area (Å²) in [6.45, 7) is 4.23. The maximum absolute atomic E-state index is 9.85. The molecule has 0 heterocycles. The topological polar surface area (TPSA) is 40.5 Å². The first-order valence-electron chi connectivity index (χ1n) is 7.75. The lowest BCUT2D eigenvalue weighted by Gasteiger charge is -2.09. The van der Waals surface area contributed by atoms with Gasteiger partial charge in [-0.05, 0) is 53.6 Å². The number of rotatable bonds is 6. The van der Waals surface area contributed by atoms with Gasteiger partial charge in [0.25, 0.3) is 0 Å². The SMILES string of the molecule is CCCc1cc(Cc2ccc(O)c(CCC)c2)ccc1O. The van der Waals surface area contributed by atoms with Crippen molar-refractivity contribution in [1.82, 2.24) is 0 Å². The number of phenols is 2. The second-order valence-electron chi connectivity index (χ2n) is 5.60. The first-order chi connectivity index (χ1) is 10.1. The van der Waals surface area contributed by atoms with Crippen molar-refractivity contribution in [2.75, 3.05) is 0 Å². The van der Waals surface area contributed by atoms with Crippen LogP contribution in [0.15, 0.2) is 36.4 Å². The molecule has 21 heavy (non-hydrogen) atoms. The lowest BCUT2D eigenvalue weighted by molar-refractivity contribution is 0.467. The molecule has 0 aliphatic carbocycles. The molecule has 112 valence electrons. The van der Waals surface area contributed by atoms with Gasteiger partial charge in [-0.1, -0.05) is 51.0 Å². The molecule has 0 fully saturated rings. The number of aryl methyl sites for hydroxylation is 2. The van der Waals surface area contributed by atoms with Crippen LogP contribution < -0.4 is 0 Å². The number of hydrogen-bond donors (Lipinski definition) is 2. The Labute approximate surface area is 127 Å². The van der Waals surface area contributed by atoms with Crippen molar-refractivity contribution in [2.45, 2.75) is 46.0 Å². The van der Waals surface area contributed by atoms with Gasteiger partial charge in [-0.15, -0.1) is 0 Å². The van der Waals surface area contributed by atoms with Gasteiger partial charge >= 0.3 is 0 Å². The number of benzene rings is 2. The lowest BCUT2D eigenvalue weighted by atomic mass is 9.98. The zero-order valence-electron chi connectivity index (χ0n) is 12.9. The minimum atomic E-state index is 0.387. The Bertz CT molecular complexity index is 549. The molecule has 2 aromatic rings. The largest absolute Gasteiger partial charge is 0.508 e. The van der Waals surface area contributed by atoms with Gasteiger partial charge in [0, 0.05) is 0 Å². The van der Waals surface area contributed by atoms with Gasteiger partial charge in [0.2, 0.25) is 0 Å². The highest BCUT2D eigenvalue weighted by Crippen LogP contribution is 2.24. The second kappa shape index (κ2) is 7.16. The van der Waals surface area contributed by atoms with E-state index in [9.17, 15) is 10.2 Å². The third-order valence-electron chi connectivity index (χ3n) is 3.73. The van der Waals surface area contributed by atoms with Gasteiger partial charge in [0.15, 0.2) is 0 Å². The summed E-state index contributed by atoms with van der Waals surface area (Å²) >= 11 is 0. The molecular formula is C19H24O2. The van der Waals surface area contributed by atoms with Crippen molar-refractivity contribution in [3.63, 3.8) is 0 Å². The van der Waals surface area contributed by atoms with E-state index in [2.05, 4.69) is 26.0 Å². The number of hydrogen-bond acceptors (Lipinski definition) is 2. The first-order valence-corrected chi connectivity index (χ1v) is 7.75. The van der Waals surface area contributed by atoms with E-state index >= 15 is 0 Å². The van der Waals surface area contributed by atoms with E-state index in [0.29, 0.717) is 11.5 Å². The van der Waals surface area contributed by atoms with Gasteiger partial charge in [0.1, 0.15) is 11.5 Å². The van der Waals surface area contributed by atoms with E-state index in [1.165, 1.54) is 11.1 Å². The van der Waals surface area contributed by atoms with Crippen LogP contribution >= 0.6 is 0 Å². The zero-order chi connectivity index (χ0) is 15.2. The van der Waals surface area contributed by atoms with E-state index in [1.54, 1.807) is 12.1 Å². The molecule has 0 saturated heterocycles. The normalized spacial score (nSPS) is 10.8. The molecule has 0 aliphatic heterocycles. The van der Waals surface area contributed by atoms with Gasteiger partial charge in [0.05, 0.1) is 0 Å². The maximum Gasteiger partial charge on any atom is 0.118 e. The molecule has 0 spiro atoms. The molecule has 2 N–H and O–H groups in total. The summed E-state index contributed by atoms with van der Waals surface area (Å²) in [4.78, 5) is 0. The molecule has 0 amide bonds. The highest BCUT2D eigenvalue weighted by atomic mass is 16.3. The molecule has 0 radical (unpaired) electrons. The van der Waals surface area contributed by atoms with Crippen molar-refractivity contribution < 1.29 is 10.2 Å². The van der Waals surface area contributed by atoms with Gasteiger partial charge < -0.3 is 10.2 Å². The fourth-order valence-corrected chi connectivity index (χ4v) is 2.67. The summed E-state index contributed by atoms with van der Waals surface area (Å²) in [7, 11) is 0. The van der Waals surface area contributed by atoms with Crippen LogP contribution in [0.5, 0.6) is 11.5 Å². The average Bonchev–Trinajstić information content (AvgIpc) is 2.47. The van der Waals surface area contributed by atoms with Crippen molar-refractivity contribution in [3.8, 4) is 11.5 Å². The second-order valence-corrected chi connectivity index (χ2v) is 5.60. The maximum atomic E-state index is 9.85. The van der Waals surface area contributed by atoms with E-state index in [0.717, 1.165) is 43.2 Å². The van der Waals surface area contributed by atoms with Crippen LogP contribution in [0.2, 0.25) is 0 Å². The van der Waals surface area contributed by atoms with Crippen LogP contribution in [0.4, 0.5) is 0 Å². The fraction of sp³-hybridized carbons (Fsp3) is 0.368. The molecule has 2 nitrogen and oxygen atoms in total. The Morgan fingerprint density at radius 1 is 0.714 bits per heavy atom. The average molecular weight is 284 g/mol. The van der Waals surface area contributed by atoms with E-state index < -0.39 is 0 Å². The molecule has 2 heteroatoms. The summed E-state index contributed by atoms with van der Waals surface area (Å²) in [5.74, 6) is 0.774.